The third-order valence-corrected chi connectivity index (χ3v) is 8.91. The monoisotopic (exact) mass is 518 g/mol. The van der Waals surface area contributed by atoms with Crippen molar-refractivity contribution in [3.05, 3.63) is 53.6 Å². The Kier molecular flexibility index (Phi) is 10.3. The van der Waals surface area contributed by atoms with E-state index in [2.05, 4.69) is 11.7 Å². The molecule has 0 unspecified atom stereocenters. The van der Waals surface area contributed by atoms with E-state index in [-0.39, 0.29) is 5.56 Å². The maximum Gasteiger partial charge on any atom is 0.387 e. The first-order chi connectivity index (χ1) is 17.9. The Morgan fingerprint density at radius 3 is 1.89 bits per heavy atom. The Balaban J connectivity index is 1.16. The lowest BCUT2D eigenvalue weighted by Crippen LogP contribution is -2.15. The van der Waals surface area contributed by atoms with E-state index < -0.39 is 24.0 Å². The Morgan fingerprint density at radius 1 is 0.730 bits per heavy atom. The second kappa shape index (κ2) is 13.7. The number of hydrogen-bond acceptors (Lipinski definition) is 1. The number of halogens is 4. The predicted molar refractivity (Wildman–Crippen MR) is 142 cm³/mol. The SMILES string of the molecule is CC1CCC(CCCCC2CCC(CCc3ccc(-c4ccc(OC(F)F)c(F)c4)c(F)c3)CC2)CC1. The first-order valence-electron chi connectivity index (χ1n) is 14.4. The molecule has 2 aromatic carbocycles. The minimum atomic E-state index is -3.11. The van der Waals surface area contributed by atoms with Gasteiger partial charge in [0, 0.05) is 5.56 Å². The van der Waals surface area contributed by atoms with Crippen LogP contribution >= 0.6 is 0 Å². The minimum absolute atomic E-state index is 0.254. The van der Waals surface area contributed by atoms with E-state index in [0.717, 1.165) is 48.3 Å². The van der Waals surface area contributed by atoms with Crippen molar-refractivity contribution >= 4 is 0 Å². The summed E-state index contributed by atoms with van der Waals surface area (Å²) >= 11 is 0. The van der Waals surface area contributed by atoms with Crippen molar-refractivity contribution in [1.82, 2.24) is 0 Å². The van der Waals surface area contributed by atoms with Gasteiger partial charge in [-0.1, -0.05) is 102 Å². The summed E-state index contributed by atoms with van der Waals surface area (Å²) in [6, 6.07) is 8.60. The van der Waals surface area contributed by atoms with Crippen molar-refractivity contribution in [2.45, 2.75) is 103 Å². The maximum atomic E-state index is 14.8. The van der Waals surface area contributed by atoms with Crippen molar-refractivity contribution in [1.29, 1.82) is 0 Å². The van der Waals surface area contributed by atoms with E-state index in [4.69, 9.17) is 0 Å². The minimum Gasteiger partial charge on any atom is -0.432 e. The van der Waals surface area contributed by atoms with Crippen molar-refractivity contribution in [2.75, 3.05) is 0 Å². The van der Waals surface area contributed by atoms with Crippen LogP contribution in [0.4, 0.5) is 17.6 Å². The summed E-state index contributed by atoms with van der Waals surface area (Å²) in [6.45, 7) is -0.711. The van der Waals surface area contributed by atoms with Crippen molar-refractivity contribution in [3.8, 4) is 16.9 Å². The number of rotatable bonds is 11. The van der Waals surface area contributed by atoms with Crippen molar-refractivity contribution < 1.29 is 22.3 Å². The zero-order valence-electron chi connectivity index (χ0n) is 22.2. The molecule has 0 aliphatic heterocycles. The molecule has 4 rings (SSSR count). The van der Waals surface area contributed by atoms with Crippen LogP contribution in [0.5, 0.6) is 5.75 Å². The summed E-state index contributed by atoms with van der Waals surface area (Å²) < 4.78 is 57.7. The summed E-state index contributed by atoms with van der Waals surface area (Å²) in [5, 5.41) is 0. The number of hydrogen-bond donors (Lipinski definition) is 0. The molecular formula is C32H42F4O. The van der Waals surface area contributed by atoms with Gasteiger partial charge in [0.1, 0.15) is 5.82 Å². The average molecular weight is 519 g/mol. The fraction of sp³-hybridized carbons (Fsp3) is 0.625. The highest BCUT2D eigenvalue weighted by Crippen LogP contribution is 2.36. The summed E-state index contributed by atoms with van der Waals surface area (Å²) in [7, 11) is 0. The number of ether oxygens (including phenoxy) is 1. The number of unbranched alkanes of at least 4 members (excludes halogenated alkanes) is 1. The molecule has 0 aromatic heterocycles. The van der Waals surface area contributed by atoms with Gasteiger partial charge >= 0.3 is 6.61 Å². The van der Waals surface area contributed by atoms with E-state index in [1.807, 2.05) is 6.07 Å². The predicted octanol–water partition coefficient (Wildman–Crippen LogP) is 10.4. The molecule has 0 atom stereocenters. The van der Waals surface area contributed by atoms with Gasteiger partial charge in [-0.05, 0) is 65.8 Å². The molecule has 0 bridgehead atoms. The first kappa shape index (κ1) is 28.0. The fourth-order valence-corrected chi connectivity index (χ4v) is 6.47. The fourth-order valence-electron chi connectivity index (χ4n) is 6.47. The molecule has 0 spiro atoms. The van der Waals surface area contributed by atoms with E-state index in [0.29, 0.717) is 11.5 Å². The third kappa shape index (κ3) is 8.48. The normalized spacial score (nSPS) is 24.4. The standard InChI is InChI=1S/C32H42F4O/c1-22-6-8-23(9-7-22)4-2-3-5-24-10-12-25(13-11-24)14-15-26-16-18-28(29(33)20-26)27-17-19-31(30(34)21-27)37-32(35)36/h16-25,32H,2-15H2,1H3. The van der Waals surface area contributed by atoms with Crippen LogP contribution in [0.25, 0.3) is 11.1 Å². The molecule has 1 nitrogen and oxygen atoms in total. The van der Waals surface area contributed by atoms with Gasteiger partial charge in [0.2, 0.25) is 0 Å². The number of aryl methyl sites for hydroxylation is 1. The van der Waals surface area contributed by atoms with Gasteiger partial charge in [0.05, 0.1) is 0 Å². The molecule has 2 aromatic rings. The lowest BCUT2D eigenvalue weighted by molar-refractivity contribution is -0.0521. The van der Waals surface area contributed by atoms with Crippen LogP contribution in [0.2, 0.25) is 0 Å². The highest BCUT2D eigenvalue weighted by Gasteiger charge is 2.22. The Labute approximate surface area is 220 Å². The molecule has 204 valence electrons. The van der Waals surface area contributed by atoms with E-state index >= 15 is 0 Å². The highest BCUT2D eigenvalue weighted by atomic mass is 19.3. The van der Waals surface area contributed by atoms with Gasteiger partial charge in [-0.2, -0.15) is 8.78 Å². The Bertz CT molecular complexity index is 975. The quantitative estimate of drug-likeness (QED) is 0.212. The molecule has 37 heavy (non-hydrogen) atoms. The van der Waals surface area contributed by atoms with Crippen molar-refractivity contribution in [2.24, 2.45) is 23.7 Å². The topological polar surface area (TPSA) is 9.23 Å². The largest absolute Gasteiger partial charge is 0.432 e. The van der Waals surface area contributed by atoms with E-state index in [1.54, 1.807) is 6.07 Å². The van der Waals surface area contributed by atoms with Gasteiger partial charge in [-0.25, -0.2) is 8.78 Å². The van der Waals surface area contributed by atoms with Gasteiger partial charge in [0.25, 0.3) is 0 Å². The first-order valence-corrected chi connectivity index (χ1v) is 14.4. The molecule has 2 fully saturated rings. The summed E-state index contributed by atoms with van der Waals surface area (Å²) in [5.41, 5.74) is 1.50. The molecule has 0 saturated heterocycles. The van der Waals surface area contributed by atoms with Crippen molar-refractivity contribution in [3.63, 3.8) is 0 Å². The van der Waals surface area contributed by atoms with E-state index in [1.165, 1.54) is 89.2 Å². The highest BCUT2D eigenvalue weighted by molar-refractivity contribution is 5.65. The number of benzene rings is 2. The molecule has 2 aliphatic rings. The maximum absolute atomic E-state index is 14.8. The van der Waals surface area contributed by atoms with Crippen LogP contribution in [0.15, 0.2) is 36.4 Å². The second-order valence-corrected chi connectivity index (χ2v) is 11.7. The summed E-state index contributed by atoms with van der Waals surface area (Å²) in [6.07, 6.45) is 18.5. The van der Waals surface area contributed by atoms with Gasteiger partial charge < -0.3 is 4.74 Å². The second-order valence-electron chi connectivity index (χ2n) is 11.7. The van der Waals surface area contributed by atoms with Crippen LogP contribution in [-0.4, -0.2) is 6.61 Å². The molecule has 2 aliphatic carbocycles. The smallest absolute Gasteiger partial charge is 0.387 e. The van der Waals surface area contributed by atoms with Crippen LogP contribution in [0.3, 0.4) is 0 Å². The van der Waals surface area contributed by atoms with Crippen LogP contribution in [0, 0.1) is 35.3 Å². The van der Waals surface area contributed by atoms with Gasteiger partial charge in [-0.3, -0.25) is 0 Å². The third-order valence-electron chi connectivity index (χ3n) is 8.91. The molecular weight excluding hydrogens is 476 g/mol. The number of alkyl halides is 2. The average Bonchev–Trinajstić information content (AvgIpc) is 2.88. The molecule has 0 radical (unpaired) electrons. The molecule has 0 heterocycles. The van der Waals surface area contributed by atoms with Gasteiger partial charge in [0.15, 0.2) is 11.6 Å². The zero-order valence-corrected chi connectivity index (χ0v) is 22.2. The van der Waals surface area contributed by atoms with E-state index in [9.17, 15) is 17.6 Å². The lowest BCUT2D eigenvalue weighted by atomic mass is 9.77. The lowest BCUT2D eigenvalue weighted by Gasteiger charge is -2.29. The molecule has 0 amide bonds. The zero-order chi connectivity index (χ0) is 26.2. The summed E-state index contributed by atoms with van der Waals surface area (Å²) in [4.78, 5) is 0. The molecule has 0 N–H and O–H groups in total. The Morgan fingerprint density at radius 2 is 1.32 bits per heavy atom. The summed E-state index contributed by atoms with van der Waals surface area (Å²) in [5.74, 6) is 1.62. The van der Waals surface area contributed by atoms with Gasteiger partial charge in [-0.15, -0.1) is 0 Å². The van der Waals surface area contributed by atoms with Crippen LogP contribution in [0.1, 0.15) is 96.0 Å². The Hall–Kier alpha value is -2.04. The van der Waals surface area contributed by atoms with Crippen LogP contribution < -0.4 is 4.74 Å². The molecule has 2 saturated carbocycles. The van der Waals surface area contributed by atoms with Crippen LogP contribution in [-0.2, 0) is 6.42 Å². The molecule has 5 heteroatoms.